The lowest BCUT2D eigenvalue weighted by Gasteiger charge is -2.36. The number of hydrogen-bond acceptors (Lipinski definition) is 5. The molecule has 2 aromatic carbocycles. The molecule has 1 unspecified atom stereocenters. The molecule has 1 aromatic heterocycles. The van der Waals surface area contributed by atoms with Gasteiger partial charge in [0.2, 0.25) is 0 Å². The SMILES string of the molecule is COc1c(Cl)cccc1C(C)(C)CC(O)(C=Nc1ccc(F)c2nc(C)ncc12)C(F)(F)F. The van der Waals surface area contributed by atoms with Crippen molar-refractivity contribution in [1.29, 1.82) is 0 Å². The van der Waals surface area contributed by atoms with Gasteiger partial charge in [-0.2, -0.15) is 13.2 Å². The van der Waals surface area contributed by atoms with E-state index in [1.54, 1.807) is 25.1 Å². The molecule has 0 saturated heterocycles. The third-order valence-corrected chi connectivity index (χ3v) is 5.62. The molecule has 0 aliphatic rings. The van der Waals surface area contributed by atoms with Crippen molar-refractivity contribution in [3.63, 3.8) is 0 Å². The zero-order valence-corrected chi connectivity index (χ0v) is 19.1. The molecule has 0 aliphatic carbocycles. The van der Waals surface area contributed by atoms with Gasteiger partial charge in [0.15, 0.2) is 5.60 Å². The van der Waals surface area contributed by atoms with Gasteiger partial charge in [-0.25, -0.2) is 14.4 Å². The molecule has 0 radical (unpaired) electrons. The summed E-state index contributed by atoms with van der Waals surface area (Å²) < 4.78 is 61.6. The molecule has 10 heteroatoms. The molecule has 0 aliphatic heterocycles. The van der Waals surface area contributed by atoms with E-state index in [-0.39, 0.29) is 27.4 Å². The van der Waals surface area contributed by atoms with Crippen LogP contribution in [0, 0.1) is 12.7 Å². The summed E-state index contributed by atoms with van der Waals surface area (Å²) in [4.78, 5) is 11.8. The molecular formula is C23H22ClF4N3O2. The molecule has 3 rings (SSSR count). The van der Waals surface area contributed by atoms with E-state index >= 15 is 0 Å². The first-order valence-electron chi connectivity index (χ1n) is 9.88. The Bertz CT molecular complexity index is 1210. The van der Waals surface area contributed by atoms with Crippen molar-refractivity contribution < 1.29 is 27.4 Å². The number of aromatic nitrogens is 2. The molecule has 33 heavy (non-hydrogen) atoms. The Morgan fingerprint density at radius 3 is 2.52 bits per heavy atom. The topological polar surface area (TPSA) is 67.6 Å². The van der Waals surface area contributed by atoms with Gasteiger partial charge in [0.1, 0.15) is 22.9 Å². The van der Waals surface area contributed by atoms with Gasteiger partial charge in [-0.15, -0.1) is 0 Å². The largest absolute Gasteiger partial charge is 0.495 e. The second-order valence-corrected chi connectivity index (χ2v) is 8.71. The van der Waals surface area contributed by atoms with E-state index in [4.69, 9.17) is 16.3 Å². The van der Waals surface area contributed by atoms with Crippen molar-refractivity contribution in [3.05, 3.63) is 58.8 Å². The molecule has 0 amide bonds. The van der Waals surface area contributed by atoms with Crippen LogP contribution in [-0.4, -0.2) is 40.2 Å². The Morgan fingerprint density at radius 1 is 1.18 bits per heavy atom. The average Bonchev–Trinajstić information content (AvgIpc) is 2.72. The van der Waals surface area contributed by atoms with Gasteiger partial charge >= 0.3 is 6.18 Å². The number of benzene rings is 2. The molecule has 1 atom stereocenters. The highest BCUT2D eigenvalue weighted by Crippen LogP contribution is 2.44. The number of nitrogens with zero attached hydrogens (tertiary/aromatic N) is 3. The van der Waals surface area contributed by atoms with Crippen LogP contribution in [0.4, 0.5) is 23.2 Å². The van der Waals surface area contributed by atoms with E-state index in [9.17, 15) is 22.7 Å². The molecule has 0 saturated carbocycles. The zero-order valence-electron chi connectivity index (χ0n) is 18.3. The van der Waals surface area contributed by atoms with Crippen molar-refractivity contribution >= 4 is 34.4 Å². The molecule has 5 nitrogen and oxygen atoms in total. The summed E-state index contributed by atoms with van der Waals surface area (Å²) in [6.07, 6.45) is -4.12. The van der Waals surface area contributed by atoms with Gasteiger partial charge in [0, 0.05) is 23.4 Å². The number of para-hydroxylation sites is 1. The quantitative estimate of drug-likeness (QED) is 0.339. The second-order valence-electron chi connectivity index (χ2n) is 8.31. The Labute approximate surface area is 193 Å². The van der Waals surface area contributed by atoms with Crippen molar-refractivity contribution in [2.24, 2.45) is 4.99 Å². The smallest absolute Gasteiger partial charge is 0.422 e. The van der Waals surface area contributed by atoms with Gasteiger partial charge in [-0.1, -0.05) is 37.6 Å². The lowest BCUT2D eigenvalue weighted by atomic mass is 9.75. The number of alkyl halides is 3. The van der Waals surface area contributed by atoms with Gasteiger partial charge < -0.3 is 9.84 Å². The minimum atomic E-state index is -5.05. The van der Waals surface area contributed by atoms with Crippen LogP contribution >= 0.6 is 11.6 Å². The lowest BCUT2D eigenvalue weighted by molar-refractivity contribution is -0.234. The number of halogens is 5. The molecule has 1 N–H and O–H groups in total. The van der Waals surface area contributed by atoms with E-state index in [1.807, 2.05) is 0 Å². The summed E-state index contributed by atoms with van der Waals surface area (Å²) in [6.45, 7) is 4.63. The summed E-state index contributed by atoms with van der Waals surface area (Å²) in [6, 6.07) is 6.99. The number of aryl methyl sites for hydroxylation is 1. The zero-order chi connectivity index (χ0) is 24.6. The fraction of sp³-hybridized carbons (Fsp3) is 0.348. The predicted molar refractivity (Wildman–Crippen MR) is 119 cm³/mol. The highest BCUT2D eigenvalue weighted by atomic mass is 35.5. The maximum Gasteiger partial charge on any atom is 0.422 e. The van der Waals surface area contributed by atoms with Crippen LogP contribution in [0.5, 0.6) is 5.75 Å². The number of fused-ring (bicyclic) bond motifs is 1. The summed E-state index contributed by atoms with van der Waals surface area (Å²) in [5.41, 5.74) is -4.22. The Hall–Kier alpha value is -2.78. The number of hydrogen-bond donors (Lipinski definition) is 1. The number of aliphatic hydroxyl groups is 1. The molecule has 1 heterocycles. The average molecular weight is 484 g/mol. The fourth-order valence-electron chi connectivity index (χ4n) is 3.69. The van der Waals surface area contributed by atoms with Crippen LogP contribution in [-0.2, 0) is 5.41 Å². The molecule has 3 aromatic rings. The first-order valence-corrected chi connectivity index (χ1v) is 10.3. The second kappa shape index (κ2) is 8.87. The standard InChI is InChI=1S/C23H22ClF4N3O2/c1-13-29-10-14-18(9-8-17(25)19(14)31-13)30-12-22(32,23(26,27)28)11-21(2,3)15-6-5-7-16(24)20(15)33-4/h5-10,12,32H,11H2,1-4H3. The Balaban J connectivity index is 2.07. The van der Waals surface area contributed by atoms with E-state index in [2.05, 4.69) is 15.0 Å². The van der Waals surface area contributed by atoms with Crippen molar-refractivity contribution in [1.82, 2.24) is 9.97 Å². The number of methoxy groups -OCH3 is 1. The molecule has 0 fully saturated rings. The minimum absolute atomic E-state index is 0.00721. The van der Waals surface area contributed by atoms with Crippen LogP contribution in [0.1, 0.15) is 31.7 Å². The molecule has 0 bridgehead atoms. The van der Waals surface area contributed by atoms with Crippen LogP contribution in [0.3, 0.4) is 0 Å². The van der Waals surface area contributed by atoms with E-state index < -0.39 is 29.4 Å². The number of aliphatic imine (C=N–C) groups is 1. The minimum Gasteiger partial charge on any atom is -0.495 e. The van der Waals surface area contributed by atoms with Crippen molar-refractivity contribution in [3.8, 4) is 5.75 Å². The summed E-state index contributed by atoms with van der Waals surface area (Å²) in [5, 5.41) is 11.1. The first kappa shape index (κ1) is 24.9. The van der Waals surface area contributed by atoms with E-state index in [0.29, 0.717) is 17.6 Å². The maximum atomic E-state index is 14.1. The third-order valence-electron chi connectivity index (χ3n) is 5.32. The fourth-order valence-corrected chi connectivity index (χ4v) is 3.94. The number of ether oxygens (including phenoxy) is 1. The molecular weight excluding hydrogens is 462 g/mol. The van der Waals surface area contributed by atoms with Gasteiger partial charge in [-0.05, 0) is 37.0 Å². The molecule has 0 spiro atoms. The first-order chi connectivity index (χ1) is 15.3. The summed E-state index contributed by atoms with van der Waals surface area (Å²) in [5.74, 6) is -0.135. The summed E-state index contributed by atoms with van der Waals surface area (Å²) >= 11 is 6.14. The predicted octanol–water partition coefficient (Wildman–Crippen LogP) is 6.10. The molecule has 176 valence electrons. The van der Waals surface area contributed by atoms with Gasteiger partial charge in [-0.3, -0.25) is 4.99 Å². The van der Waals surface area contributed by atoms with Crippen molar-refractivity contribution in [2.75, 3.05) is 7.11 Å². The maximum absolute atomic E-state index is 14.1. The van der Waals surface area contributed by atoms with Gasteiger partial charge in [0.05, 0.1) is 17.8 Å². The van der Waals surface area contributed by atoms with Crippen LogP contribution in [0.2, 0.25) is 5.02 Å². The van der Waals surface area contributed by atoms with E-state index in [1.165, 1.54) is 33.2 Å². The highest BCUT2D eigenvalue weighted by molar-refractivity contribution is 6.32. The number of rotatable bonds is 6. The highest BCUT2D eigenvalue weighted by Gasteiger charge is 2.55. The normalized spacial score (nSPS) is 14.6. The Kier molecular flexibility index (Phi) is 6.68. The van der Waals surface area contributed by atoms with Crippen LogP contribution in [0.25, 0.3) is 10.9 Å². The van der Waals surface area contributed by atoms with Gasteiger partial charge in [0.25, 0.3) is 0 Å². The van der Waals surface area contributed by atoms with Crippen LogP contribution < -0.4 is 4.74 Å². The van der Waals surface area contributed by atoms with Crippen LogP contribution in [0.15, 0.2) is 41.5 Å². The monoisotopic (exact) mass is 483 g/mol. The third kappa shape index (κ3) is 4.94. The lowest BCUT2D eigenvalue weighted by Crippen LogP contribution is -2.50. The van der Waals surface area contributed by atoms with Crippen molar-refractivity contribution in [2.45, 2.75) is 44.4 Å². The Morgan fingerprint density at radius 2 is 1.88 bits per heavy atom. The van der Waals surface area contributed by atoms with E-state index in [0.717, 1.165) is 6.07 Å². The summed E-state index contributed by atoms with van der Waals surface area (Å²) in [7, 11) is 1.36.